The molecule has 0 aliphatic carbocycles. The normalized spacial score (nSPS) is 10.4. The summed E-state index contributed by atoms with van der Waals surface area (Å²) in [6.45, 7) is 5.49. The van der Waals surface area contributed by atoms with E-state index in [0.29, 0.717) is 18.3 Å². The molecule has 5 nitrogen and oxygen atoms in total. The van der Waals surface area contributed by atoms with Gasteiger partial charge in [0.1, 0.15) is 11.5 Å². The number of rotatable bonds is 8. The molecule has 0 aliphatic heterocycles. The van der Waals surface area contributed by atoms with E-state index in [2.05, 4.69) is 29.7 Å². The summed E-state index contributed by atoms with van der Waals surface area (Å²) in [6.07, 6.45) is 3.59. The second kappa shape index (κ2) is 9.99. The Labute approximate surface area is 131 Å². The maximum Gasteiger partial charge on any atom is 0.186 e. The van der Waals surface area contributed by atoms with E-state index in [-0.39, 0.29) is 0 Å². The van der Waals surface area contributed by atoms with Crippen LogP contribution in [0.5, 0.6) is 11.5 Å². The molecule has 0 bridgehead atoms. The Hall–Kier alpha value is -1.82. The van der Waals surface area contributed by atoms with Gasteiger partial charge in [0.15, 0.2) is 5.11 Å². The summed E-state index contributed by atoms with van der Waals surface area (Å²) in [5.74, 6) is 1.56. The highest BCUT2D eigenvalue weighted by molar-refractivity contribution is 7.80. The van der Waals surface area contributed by atoms with Gasteiger partial charge in [0, 0.05) is 18.7 Å². The Kier molecular flexibility index (Phi) is 8.19. The summed E-state index contributed by atoms with van der Waals surface area (Å²) < 4.78 is 11.4. The lowest BCUT2D eigenvalue weighted by atomic mass is 10.2. The van der Waals surface area contributed by atoms with Crippen LogP contribution in [0.2, 0.25) is 0 Å². The molecule has 0 atom stereocenters. The van der Waals surface area contributed by atoms with E-state index in [1.807, 2.05) is 18.2 Å². The lowest BCUT2D eigenvalue weighted by molar-refractivity contribution is 0.301. The molecular formula is C15H23N3O2S. The smallest absolute Gasteiger partial charge is 0.186 e. The molecule has 0 fully saturated rings. The molecule has 21 heavy (non-hydrogen) atoms. The minimum Gasteiger partial charge on any atom is -0.493 e. The van der Waals surface area contributed by atoms with E-state index in [4.69, 9.17) is 21.7 Å². The van der Waals surface area contributed by atoms with Gasteiger partial charge in [-0.2, -0.15) is 5.10 Å². The standard InChI is InChI=1S/C15H23N3O2S/c1-4-8-19-13-7-6-12(11-17-18-15(21)16-3)14(10-13)20-9-5-2/h6-7,10-11H,4-5,8-9H2,1-3H3,(H2,16,18,21). The molecule has 1 aromatic carbocycles. The Morgan fingerprint density at radius 1 is 1.24 bits per heavy atom. The van der Waals surface area contributed by atoms with Crippen LogP contribution in [0.4, 0.5) is 0 Å². The highest BCUT2D eigenvalue weighted by Gasteiger charge is 2.04. The number of hydrazone groups is 1. The third kappa shape index (κ3) is 6.44. The minimum absolute atomic E-state index is 0.463. The molecule has 0 heterocycles. The minimum atomic E-state index is 0.463. The molecule has 0 saturated heterocycles. The van der Waals surface area contributed by atoms with E-state index < -0.39 is 0 Å². The monoisotopic (exact) mass is 309 g/mol. The van der Waals surface area contributed by atoms with Crippen molar-refractivity contribution in [1.29, 1.82) is 0 Å². The predicted molar refractivity (Wildman–Crippen MR) is 90.4 cm³/mol. The van der Waals surface area contributed by atoms with Gasteiger partial charge in [-0.1, -0.05) is 13.8 Å². The average Bonchev–Trinajstić information content (AvgIpc) is 2.51. The van der Waals surface area contributed by atoms with Crippen LogP contribution < -0.4 is 20.2 Å². The highest BCUT2D eigenvalue weighted by Crippen LogP contribution is 2.24. The van der Waals surface area contributed by atoms with Crippen LogP contribution in [-0.2, 0) is 0 Å². The molecule has 0 aromatic heterocycles. The maximum absolute atomic E-state index is 5.74. The van der Waals surface area contributed by atoms with Gasteiger partial charge in [0.05, 0.1) is 19.4 Å². The summed E-state index contributed by atoms with van der Waals surface area (Å²) in [4.78, 5) is 0. The van der Waals surface area contributed by atoms with Crippen LogP contribution in [0.25, 0.3) is 0 Å². The average molecular weight is 309 g/mol. The molecular weight excluding hydrogens is 286 g/mol. The Bertz CT molecular complexity index is 478. The fraction of sp³-hybridized carbons (Fsp3) is 0.467. The zero-order valence-corrected chi connectivity index (χ0v) is 13.6. The Morgan fingerprint density at radius 3 is 2.62 bits per heavy atom. The first-order chi connectivity index (χ1) is 10.2. The quantitative estimate of drug-likeness (QED) is 0.439. The zero-order valence-electron chi connectivity index (χ0n) is 12.8. The first-order valence-corrected chi connectivity index (χ1v) is 7.52. The van der Waals surface area contributed by atoms with Crippen molar-refractivity contribution in [2.45, 2.75) is 26.7 Å². The zero-order chi connectivity index (χ0) is 15.5. The number of hydrogen-bond acceptors (Lipinski definition) is 4. The second-order valence-electron chi connectivity index (χ2n) is 4.35. The molecule has 0 aliphatic rings. The van der Waals surface area contributed by atoms with E-state index in [9.17, 15) is 0 Å². The fourth-order valence-electron chi connectivity index (χ4n) is 1.48. The van der Waals surface area contributed by atoms with Crippen LogP contribution >= 0.6 is 12.2 Å². The van der Waals surface area contributed by atoms with Crippen molar-refractivity contribution in [3.63, 3.8) is 0 Å². The second-order valence-corrected chi connectivity index (χ2v) is 4.75. The number of ether oxygens (including phenoxy) is 2. The van der Waals surface area contributed by atoms with Gasteiger partial charge < -0.3 is 14.8 Å². The molecule has 1 rings (SSSR count). The third-order valence-corrected chi connectivity index (χ3v) is 2.81. The topological polar surface area (TPSA) is 54.9 Å². The summed E-state index contributed by atoms with van der Waals surface area (Å²) in [7, 11) is 1.74. The predicted octanol–water partition coefficient (Wildman–Crippen LogP) is 2.69. The lowest BCUT2D eigenvalue weighted by Gasteiger charge is -2.11. The molecule has 0 unspecified atom stereocenters. The van der Waals surface area contributed by atoms with Crippen LogP contribution in [0, 0.1) is 0 Å². The van der Waals surface area contributed by atoms with Gasteiger partial charge in [0.2, 0.25) is 0 Å². The summed E-state index contributed by atoms with van der Waals surface area (Å²) >= 11 is 4.95. The first kappa shape index (κ1) is 17.2. The Balaban J connectivity index is 2.82. The van der Waals surface area contributed by atoms with E-state index in [1.54, 1.807) is 13.3 Å². The van der Waals surface area contributed by atoms with Crippen molar-refractivity contribution >= 4 is 23.5 Å². The first-order valence-electron chi connectivity index (χ1n) is 7.11. The molecule has 0 spiro atoms. The van der Waals surface area contributed by atoms with Gasteiger partial charge in [-0.05, 0) is 37.2 Å². The van der Waals surface area contributed by atoms with Gasteiger partial charge >= 0.3 is 0 Å². The van der Waals surface area contributed by atoms with Crippen LogP contribution in [0.3, 0.4) is 0 Å². The molecule has 1 aromatic rings. The van der Waals surface area contributed by atoms with Crippen molar-refractivity contribution < 1.29 is 9.47 Å². The Morgan fingerprint density at radius 2 is 1.95 bits per heavy atom. The molecule has 0 saturated carbocycles. The number of benzene rings is 1. The van der Waals surface area contributed by atoms with Crippen molar-refractivity contribution in [3.05, 3.63) is 23.8 Å². The van der Waals surface area contributed by atoms with Crippen LogP contribution in [0.1, 0.15) is 32.3 Å². The van der Waals surface area contributed by atoms with E-state index >= 15 is 0 Å². The van der Waals surface area contributed by atoms with E-state index in [0.717, 1.165) is 29.9 Å². The van der Waals surface area contributed by atoms with Crippen LogP contribution in [-0.4, -0.2) is 31.6 Å². The van der Waals surface area contributed by atoms with Crippen LogP contribution in [0.15, 0.2) is 23.3 Å². The highest BCUT2D eigenvalue weighted by atomic mass is 32.1. The largest absolute Gasteiger partial charge is 0.493 e. The van der Waals surface area contributed by atoms with Crippen molar-refractivity contribution in [1.82, 2.24) is 10.7 Å². The molecule has 6 heteroatoms. The van der Waals surface area contributed by atoms with Gasteiger partial charge in [-0.15, -0.1) is 0 Å². The SMILES string of the molecule is CCCOc1ccc(C=NNC(=S)NC)c(OCCC)c1. The van der Waals surface area contributed by atoms with Gasteiger partial charge in [-0.3, -0.25) is 5.43 Å². The number of hydrogen-bond donors (Lipinski definition) is 2. The maximum atomic E-state index is 5.74. The van der Waals surface area contributed by atoms with E-state index in [1.165, 1.54) is 0 Å². The summed E-state index contributed by atoms with van der Waals surface area (Å²) in [6, 6.07) is 5.72. The third-order valence-electron chi connectivity index (χ3n) is 2.52. The van der Waals surface area contributed by atoms with Crippen molar-refractivity contribution in [2.75, 3.05) is 20.3 Å². The summed E-state index contributed by atoms with van der Waals surface area (Å²) in [5.41, 5.74) is 3.59. The number of nitrogens with zero attached hydrogens (tertiary/aromatic N) is 1. The molecule has 0 amide bonds. The lowest BCUT2D eigenvalue weighted by Crippen LogP contribution is -2.28. The molecule has 116 valence electrons. The van der Waals surface area contributed by atoms with Crippen molar-refractivity contribution in [3.8, 4) is 11.5 Å². The van der Waals surface area contributed by atoms with Crippen molar-refractivity contribution in [2.24, 2.45) is 5.10 Å². The van der Waals surface area contributed by atoms with Gasteiger partial charge in [0.25, 0.3) is 0 Å². The molecule has 0 radical (unpaired) electrons. The molecule has 2 N–H and O–H groups in total. The fourth-order valence-corrected chi connectivity index (χ4v) is 1.54. The summed E-state index contributed by atoms with van der Waals surface area (Å²) in [5, 5.41) is 7.32. The number of thiocarbonyl (C=S) groups is 1. The van der Waals surface area contributed by atoms with Gasteiger partial charge in [-0.25, -0.2) is 0 Å². The number of nitrogens with one attached hydrogen (secondary N) is 2.